The molecule has 2 aromatic rings. The normalized spacial score (nSPS) is 24.0. The van der Waals surface area contributed by atoms with Crippen molar-refractivity contribution in [1.82, 2.24) is 30.0 Å². The molecule has 3 heterocycles. The first-order chi connectivity index (χ1) is 11.7. The number of aryl methyl sites for hydroxylation is 1. The molecular weight excluding hydrogens is 328 g/mol. The predicted molar refractivity (Wildman–Crippen MR) is 87.7 cm³/mol. The summed E-state index contributed by atoms with van der Waals surface area (Å²) in [7, 11) is 0. The number of nitrogens with zero attached hydrogens (tertiary/aromatic N) is 6. The molecule has 1 aliphatic heterocycles. The maximum absolute atomic E-state index is 12.9. The second kappa shape index (κ2) is 6.54. The minimum atomic E-state index is -0.0113. The van der Waals surface area contributed by atoms with Crippen LogP contribution in [0.25, 0.3) is 0 Å². The van der Waals surface area contributed by atoms with Crippen molar-refractivity contribution in [3.05, 3.63) is 23.6 Å². The molecule has 0 aromatic carbocycles. The van der Waals surface area contributed by atoms with Crippen LogP contribution in [0.4, 0.5) is 0 Å². The highest BCUT2D eigenvalue weighted by Gasteiger charge is 2.37. The number of amides is 1. The molecule has 4 rings (SSSR count). The molecule has 2 aliphatic rings. The Kier molecular flexibility index (Phi) is 4.26. The average molecular weight is 348 g/mol. The van der Waals surface area contributed by atoms with Gasteiger partial charge in [-0.1, -0.05) is 23.2 Å². The summed E-state index contributed by atoms with van der Waals surface area (Å²) in [5.41, 5.74) is 0.395. The van der Waals surface area contributed by atoms with Crippen molar-refractivity contribution in [3.8, 4) is 0 Å². The van der Waals surface area contributed by atoms with E-state index in [0.29, 0.717) is 35.2 Å². The molecule has 1 saturated carbocycles. The molecule has 0 radical (unpaired) electrons. The minimum absolute atomic E-state index is 0.0113. The Labute approximate surface area is 144 Å². The lowest BCUT2D eigenvalue weighted by atomic mass is 9.93. The van der Waals surface area contributed by atoms with Gasteiger partial charge in [-0.15, -0.1) is 5.10 Å². The van der Waals surface area contributed by atoms with E-state index in [0.717, 1.165) is 18.7 Å². The summed E-state index contributed by atoms with van der Waals surface area (Å²) in [4.78, 5) is 19.0. The fraction of sp³-hybridized carbons (Fsp3) is 0.667. The SMILES string of the molecule is Cc1nc(Cn2cc(C(=O)N3CCS[C@@H]4CCCC[C@@H]43)nn2)no1. The molecule has 24 heavy (non-hydrogen) atoms. The molecule has 0 unspecified atom stereocenters. The predicted octanol–water partition coefficient (Wildman–Crippen LogP) is 1.52. The molecule has 1 amide bonds. The molecule has 2 atom stereocenters. The zero-order valence-corrected chi connectivity index (χ0v) is 14.4. The standard InChI is InChI=1S/C15H20N6O2S/c1-10-16-14(18-23-10)9-20-8-11(17-19-20)15(22)21-6-7-24-13-5-3-2-4-12(13)21/h8,12-13H,2-7,9H2,1H3/t12-,13+/m0/s1. The van der Waals surface area contributed by atoms with Crippen LogP contribution in [0, 0.1) is 6.92 Å². The summed E-state index contributed by atoms with van der Waals surface area (Å²) in [6.45, 7) is 2.88. The molecule has 2 fully saturated rings. The summed E-state index contributed by atoms with van der Waals surface area (Å²) in [5.74, 6) is 2.03. The van der Waals surface area contributed by atoms with Gasteiger partial charge >= 0.3 is 0 Å². The van der Waals surface area contributed by atoms with Crippen LogP contribution in [0.5, 0.6) is 0 Å². The molecule has 0 spiro atoms. The number of rotatable bonds is 3. The Bertz CT molecular complexity index is 727. The monoisotopic (exact) mass is 348 g/mol. The van der Waals surface area contributed by atoms with E-state index in [9.17, 15) is 4.79 Å². The summed E-state index contributed by atoms with van der Waals surface area (Å²) in [5, 5.41) is 12.5. The van der Waals surface area contributed by atoms with E-state index < -0.39 is 0 Å². The van der Waals surface area contributed by atoms with Gasteiger partial charge in [-0.2, -0.15) is 16.7 Å². The van der Waals surface area contributed by atoms with Crippen LogP contribution in [0.3, 0.4) is 0 Å². The molecule has 1 aliphatic carbocycles. The summed E-state index contributed by atoms with van der Waals surface area (Å²) >= 11 is 2.01. The number of fused-ring (bicyclic) bond motifs is 1. The van der Waals surface area contributed by atoms with Gasteiger partial charge in [-0.05, 0) is 12.8 Å². The van der Waals surface area contributed by atoms with Crippen molar-refractivity contribution in [1.29, 1.82) is 0 Å². The first-order valence-electron chi connectivity index (χ1n) is 8.32. The van der Waals surface area contributed by atoms with Crippen LogP contribution >= 0.6 is 11.8 Å². The number of hydrogen-bond donors (Lipinski definition) is 0. The van der Waals surface area contributed by atoms with Crippen LogP contribution in [0.15, 0.2) is 10.7 Å². The Morgan fingerprint density at radius 1 is 1.42 bits per heavy atom. The summed E-state index contributed by atoms with van der Waals surface area (Å²) < 4.78 is 6.52. The van der Waals surface area contributed by atoms with Crippen LogP contribution in [-0.4, -0.2) is 59.5 Å². The van der Waals surface area contributed by atoms with Gasteiger partial charge in [0, 0.05) is 30.5 Å². The van der Waals surface area contributed by atoms with E-state index in [4.69, 9.17) is 4.52 Å². The third-order valence-corrected chi connectivity index (χ3v) is 6.02. The van der Waals surface area contributed by atoms with Crippen molar-refractivity contribution in [3.63, 3.8) is 0 Å². The largest absolute Gasteiger partial charge is 0.340 e. The topological polar surface area (TPSA) is 89.9 Å². The van der Waals surface area contributed by atoms with E-state index >= 15 is 0 Å². The number of hydrogen-bond acceptors (Lipinski definition) is 7. The molecule has 2 aromatic heterocycles. The molecule has 8 nitrogen and oxygen atoms in total. The van der Waals surface area contributed by atoms with Crippen molar-refractivity contribution in [2.24, 2.45) is 0 Å². The van der Waals surface area contributed by atoms with Gasteiger partial charge in [0.15, 0.2) is 11.5 Å². The van der Waals surface area contributed by atoms with Crippen LogP contribution < -0.4 is 0 Å². The van der Waals surface area contributed by atoms with Crippen molar-refractivity contribution < 1.29 is 9.32 Å². The molecule has 0 bridgehead atoms. The number of carbonyl (C=O) groups excluding carboxylic acids is 1. The smallest absolute Gasteiger partial charge is 0.276 e. The third-order valence-electron chi connectivity index (χ3n) is 4.62. The molecular formula is C15H20N6O2S. The van der Waals surface area contributed by atoms with E-state index in [1.54, 1.807) is 17.8 Å². The Morgan fingerprint density at radius 3 is 3.12 bits per heavy atom. The Hall–Kier alpha value is -1.90. The van der Waals surface area contributed by atoms with Crippen molar-refractivity contribution >= 4 is 17.7 Å². The van der Waals surface area contributed by atoms with Gasteiger partial charge in [-0.3, -0.25) is 4.79 Å². The zero-order valence-electron chi connectivity index (χ0n) is 13.6. The minimum Gasteiger partial charge on any atom is -0.340 e. The lowest BCUT2D eigenvalue weighted by Crippen LogP contribution is -2.51. The lowest BCUT2D eigenvalue weighted by Gasteiger charge is -2.43. The number of carbonyl (C=O) groups is 1. The van der Waals surface area contributed by atoms with Gasteiger partial charge in [0.05, 0.1) is 6.20 Å². The highest BCUT2D eigenvalue weighted by atomic mass is 32.2. The first kappa shape index (κ1) is 15.6. The molecule has 1 saturated heterocycles. The van der Waals surface area contributed by atoms with Crippen LogP contribution in [0.2, 0.25) is 0 Å². The van der Waals surface area contributed by atoms with E-state index in [-0.39, 0.29) is 5.91 Å². The zero-order chi connectivity index (χ0) is 16.5. The first-order valence-corrected chi connectivity index (χ1v) is 9.37. The maximum Gasteiger partial charge on any atom is 0.276 e. The highest BCUT2D eigenvalue weighted by molar-refractivity contribution is 8.00. The second-order valence-electron chi connectivity index (χ2n) is 6.29. The van der Waals surface area contributed by atoms with Gasteiger partial charge in [0.2, 0.25) is 5.89 Å². The van der Waals surface area contributed by atoms with Gasteiger partial charge in [0.25, 0.3) is 5.91 Å². The second-order valence-corrected chi connectivity index (χ2v) is 7.64. The Morgan fingerprint density at radius 2 is 2.29 bits per heavy atom. The summed E-state index contributed by atoms with van der Waals surface area (Å²) in [6.07, 6.45) is 6.46. The van der Waals surface area contributed by atoms with Gasteiger partial charge in [-0.25, -0.2) is 4.68 Å². The molecule has 0 N–H and O–H groups in total. The molecule has 9 heteroatoms. The fourth-order valence-electron chi connectivity index (χ4n) is 3.52. The van der Waals surface area contributed by atoms with Crippen molar-refractivity contribution in [2.45, 2.75) is 50.4 Å². The highest BCUT2D eigenvalue weighted by Crippen LogP contribution is 2.35. The van der Waals surface area contributed by atoms with E-state index in [2.05, 4.69) is 20.5 Å². The van der Waals surface area contributed by atoms with Crippen LogP contribution in [0.1, 0.15) is 47.9 Å². The number of aromatic nitrogens is 5. The van der Waals surface area contributed by atoms with Gasteiger partial charge < -0.3 is 9.42 Å². The lowest BCUT2D eigenvalue weighted by molar-refractivity contribution is 0.0640. The van der Waals surface area contributed by atoms with Crippen molar-refractivity contribution in [2.75, 3.05) is 12.3 Å². The fourth-order valence-corrected chi connectivity index (χ4v) is 4.96. The quantitative estimate of drug-likeness (QED) is 0.830. The summed E-state index contributed by atoms with van der Waals surface area (Å²) in [6, 6.07) is 0.343. The Balaban J connectivity index is 1.48. The third kappa shape index (κ3) is 3.04. The maximum atomic E-state index is 12.9. The van der Waals surface area contributed by atoms with E-state index in [1.165, 1.54) is 19.3 Å². The van der Waals surface area contributed by atoms with E-state index in [1.807, 2.05) is 16.7 Å². The molecule has 128 valence electrons. The number of thioether (sulfide) groups is 1. The average Bonchev–Trinajstić information content (AvgIpc) is 3.23. The van der Waals surface area contributed by atoms with Gasteiger partial charge in [0.1, 0.15) is 6.54 Å². The van der Waals surface area contributed by atoms with Crippen LogP contribution in [-0.2, 0) is 6.54 Å².